The van der Waals surface area contributed by atoms with E-state index in [9.17, 15) is 4.79 Å². The fraction of sp³-hybridized carbons (Fsp3) is 0.273. The third-order valence-corrected chi connectivity index (χ3v) is 6.95. The van der Waals surface area contributed by atoms with Crippen molar-refractivity contribution >= 4 is 45.4 Å². The van der Waals surface area contributed by atoms with Crippen LogP contribution in [0.4, 0.5) is 5.82 Å². The Labute approximate surface area is 182 Å². The first-order valence-corrected chi connectivity index (χ1v) is 11.7. The number of rotatable bonds is 5. The summed E-state index contributed by atoms with van der Waals surface area (Å²) in [6, 6.07) is 12.3. The van der Waals surface area contributed by atoms with Crippen LogP contribution >= 0.6 is 22.7 Å². The molecule has 1 aliphatic heterocycles. The molecular weight excluding hydrogens is 416 g/mol. The van der Waals surface area contributed by atoms with E-state index in [-0.39, 0.29) is 12.0 Å². The van der Waals surface area contributed by atoms with Crippen molar-refractivity contribution in [2.24, 2.45) is 0 Å². The highest BCUT2D eigenvalue weighted by Crippen LogP contribution is 2.40. The Balaban J connectivity index is 1.56. The molecule has 0 spiro atoms. The number of hydrogen-bond donors (Lipinski definition) is 0. The third-order valence-electron chi connectivity index (χ3n) is 5.14. The van der Waals surface area contributed by atoms with Gasteiger partial charge >= 0.3 is 5.97 Å². The summed E-state index contributed by atoms with van der Waals surface area (Å²) in [6.07, 6.45) is 2.02. The van der Waals surface area contributed by atoms with Gasteiger partial charge in [-0.05, 0) is 43.3 Å². The molecule has 1 fully saturated rings. The van der Waals surface area contributed by atoms with Gasteiger partial charge in [-0.1, -0.05) is 18.2 Å². The van der Waals surface area contributed by atoms with Crippen LogP contribution < -0.4 is 4.90 Å². The second kappa shape index (κ2) is 8.12. The molecule has 1 aliphatic rings. The van der Waals surface area contributed by atoms with Gasteiger partial charge in [0, 0.05) is 17.3 Å². The van der Waals surface area contributed by atoms with E-state index in [1.807, 2.05) is 35.7 Å². The monoisotopic (exact) mass is 436 g/mol. The second-order valence-corrected chi connectivity index (χ2v) is 8.85. The third kappa shape index (κ3) is 3.46. The first kappa shape index (κ1) is 19.1. The zero-order chi connectivity index (χ0) is 20.5. The number of aromatic nitrogens is 3. The second-order valence-electron chi connectivity index (χ2n) is 7.01. The van der Waals surface area contributed by atoms with Gasteiger partial charge in [0.25, 0.3) is 0 Å². The zero-order valence-corrected chi connectivity index (χ0v) is 18.1. The van der Waals surface area contributed by atoms with Crippen LogP contribution in [0.15, 0.2) is 47.2 Å². The van der Waals surface area contributed by atoms with Gasteiger partial charge in [-0.25, -0.2) is 19.7 Å². The number of carbonyl (C=O) groups is 1. The van der Waals surface area contributed by atoms with Crippen molar-refractivity contribution in [3.05, 3.63) is 57.9 Å². The number of hydrogen-bond acceptors (Lipinski definition) is 8. The summed E-state index contributed by atoms with van der Waals surface area (Å²) < 4.78 is 5.10. The Morgan fingerprint density at radius 1 is 1.17 bits per heavy atom. The smallest absolute Gasteiger partial charge is 0.357 e. The number of anilines is 1. The lowest BCUT2D eigenvalue weighted by Crippen LogP contribution is -2.24. The highest BCUT2D eigenvalue weighted by Gasteiger charge is 2.32. The van der Waals surface area contributed by atoms with E-state index in [2.05, 4.69) is 16.0 Å². The van der Waals surface area contributed by atoms with Crippen molar-refractivity contribution in [1.29, 1.82) is 0 Å². The van der Waals surface area contributed by atoms with Crippen LogP contribution in [0.5, 0.6) is 0 Å². The molecule has 30 heavy (non-hydrogen) atoms. The van der Waals surface area contributed by atoms with E-state index in [0.717, 1.165) is 51.8 Å². The average Bonchev–Trinajstić information content (AvgIpc) is 3.54. The number of carbonyl (C=O) groups excluding carboxylic acids is 1. The van der Waals surface area contributed by atoms with Crippen LogP contribution in [0.1, 0.15) is 41.3 Å². The molecule has 3 aromatic heterocycles. The number of thiophene rings is 1. The lowest BCUT2D eigenvalue weighted by Gasteiger charge is -2.25. The minimum absolute atomic E-state index is 0.0904. The summed E-state index contributed by atoms with van der Waals surface area (Å²) >= 11 is 3.15. The Hall–Kier alpha value is -2.84. The van der Waals surface area contributed by atoms with Gasteiger partial charge in [0.1, 0.15) is 10.8 Å². The maximum absolute atomic E-state index is 12.1. The van der Waals surface area contributed by atoms with Crippen molar-refractivity contribution in [2.75, 3.05) is 18.1 Å². The van der Waals surface area contributed by atoms with Gasteiger partial charge in [-0.15, -0.1) is 22.7 Å². The van der Waals surface area contributed by atoms with Gasteiger partial charge < -0.3 is 9.64 Å². The zero-order valence-electron chi connectivity index (χ0n) is 16.4. The molecule has 0 aliphatic carbocycles. The lowest BCUT2D eigenvalue weighted by molar-refractivity contribution is 0.0520. The molecule has 0 radical (unpaired) electrons. The van der Waals surface area contributed by atoms with Crippen LogP contribution in [0.25, 0.3) is 21.6 Å². The molecule has 1 aromatic carbocycles. The highest BCUT2D eigenvalue weighted by atomic mass is 32.1. The number of benzene rings is 1. The largest absolute Gasteiger partial charge is 0.461 e. The van der Waals surface area contributed by atoms with Gasteiger partial charge in [-0.3, -0.25) is 0 Å². The number of fused-ring (bicyclic) bond motifs is 1. The predicted molar refractivity (Wildman–Crippen MR) is 120 cm³/mol. The van der Waals surface area contributed by atoms with Gasteiger partial charge in [0.2, 0.25) is 0 Å². The topological polar surface area (TPSA) is 68.2 Å². The maximum Gasteiger partial charge on any atom is 0.357 e. The van der Waals surface area contributed by atoms with Gasteiger partial charge in [0.05, 0.1) is 23.0 Å². The number of para-hydroxylation sites is 1. The fourth-order valence-electron chi connectivity index (χ4n) is 3.81. The van der Waals surface area contributed by atoms with Gasteiger partial charge in [0.15, 0.2) is 11.5 Å². The minimum atomic E-state index is -0.364. The fourth-order valence-corrected chi connectivity index (χ4v) is 5.40. The van der Waals surface area contributed by atoms with Gasteiger partial charge in [-0.2, -0.15) is 0 Å². The number of thiazole rings is 1. The molecule has 4 aromatic rings. The molecule has 0 amide bonds. The Bertz CT molecular complexity index is 1190. The molecule has 0 unspecified atom stereocenters. The first-order valence-electron chi connectivity index (χ1n) is 9.94. The quantitative estimate of drug-likeness (QED) is 0.394. The van der Waals surface area contributed by atoms with Crippen LogP contribution in [-0.2, 0) is 4.74 Å². The lowest BCUT2D eigenvalue weighted by atomic mass is 10.2. The Kier molecular flexibility index (Phi) is 5.18. The molecule has 5 rings (SSSR count). The average molecular weight is 437 g/mol. The Morgan fingerprint density at radius 2 is 2.07 bits per heavy atom. The molecule has 4 heterocycles. The summed E-state index contributed by atoms with van der Waals surface area (Å²) in [4.78, 5) is 29.8. The summed E-state index contributed by atoms with van der Waals surface area (Å²) in [5.74, 6) is 1.31. The number of esters is 1. The van der Waals surface area contributed by atoms with Crippen LogP contribution in [0.2, 0.25) is 0 Å². The normalized spacial score (nSPS) is 16.3. The van der Waals surface area contributed by atoms with E-state index < -0.39 is 0 Å². The van der Waals surface area contributed by atoms with Crippen molar-refractivity contribution in [3.8, 4) is 10.7 Å². The van der Waals surface area contributed by atoms with Crippen molar-refractivity contribution in [2.45, 2.75) is 25.8 Å². The van der Waals surface area contributed by atoms with Crippen LogP contribution in [-0.4, -0.2) is 34.1 Å². The van der Waals surface area contributed by atoms with Crippen molar-refractivity contribution in [1.82, 2.24) is 15.0 Å². The van der Waals surface area contributed by atoms with E-state index >= 15 is 0 Å². The summed E-state index contributed by atoms with van der Waals surface area (Å²) in [5, 5.41) is 5.79. The molecule has 0 bridgehead atoms. The molecule has 0 saturated carbocycles. The van der Waals surface area contributed by atoms with E-state index in [0.29, 0.717) is 12.3 Å². The van der Waals surface area contributed by atoms with E-state index in [1.165, 1.54) is 11.3 Å². The van der Waals surface area contributed by atoms with E-state index in [4.69, 9.17) is 14.7 Å². The molecule has 8 heteroatoms. The predicted octanol–water partition coefficient (Wildman–Crippen LogP) is 5.33. The maximum atomic E-state index is 12.1. The van der Waals surface area contributed by atoms with Crippen molar-refractivity contribution in [3.63, 3.8) is 0 Å². The molecule has 1 saturated heterocycles. The number of ether oxygens (including phenoxy) is 1. The minimum Gasteiger partial charge on any atom is -0.461 e. The molecular formula is C22H20N4O2S2. The van der Waals surface area contributed by atoms with Crippen LogP contribution in [0, 0.1) is 0 Å². The summed E-state index contributed by atoms with van der Waals surface area (Å²) in [7, 11) is 0. The molecule has 0 N–H and O–H groups in total. The standard InChI is InChI=1S/C22H20N4O2S2/c1-2-28-22(27)16-13-30-21(24-16)17-9-5-11-26(17)20-14-7-3-4-8-15(14)23-19(25-20)18-10-6-12-29-18/h3-4,6-8,10,12-13,17H,2,5,9,11H2,1H3/t17-/m0/s1. The molecule has 1 atom stereocenters. The van der Waals surface area contributed by atoms with Crippen LogP contribution in [0.3, 0.4) is 0 Å². The highest BCUT2D eigenvalue weighted by molar-refractivity contribution is 7.13. The SMILES string of the molecule is CCOC(=O)c1csc([C@@H]2CCCN2c2nc(-c3cccs3)nc3ccccc23)n1. The molecule has 152 valence electrons. The Morgan fingerprint density at radius 3 is 2.90 bits per heavy atom. The summed E-state index contributed by atoms with van der Waals surface area (Å²) in [6.45, 7) is 3.04. The molecule has 6 nitrogen and oxygen atoms in total. The van der Waals surface area contributed by atoms with E-state index in [1.54, 1.807) is 23.6 Å². The first-order chi connectivity index (χ1) is 14.7. The summed E-state index contributed by atoms with van der Waals surface area (Å²) in [5.41, 5.74) is 1.32. The van der Waals surface area contributed by atoms with Crippen molar-refractivity contribution < 1.29 is 9.53 Å². The number of nitrogens with zero attached hydrogens (tertiary/aromatic N) is 4.